The molecule has 0 radical (unpaired) electrons. The molecule has 0 N–H and O–H groups in total. The summed E-state index contributed by atoms with van der Waals surface area (Å²) in [6.07, 6.45) is -0.861. The van der Waals surface area contributed by atoms with Gasteiger partial charge in [-0.1, -0.05) is 48.5 Å². The van der Waals surface area contributed by atoms with E-state index in [9.17, 15) is 14.4 Å². The number of methoxy groups -OCH3 is 2. The van der Waals surface area contributed by atoms with Crippen LogP contribution >= 0.6 is 0 Å². The van der Waals surface area contributed by atoms with Gasteiger partial charge in [0.25, 0.3) is 0 Å². The van der Waals surface area contributed by atoms with Crippen molar-refractivity contribution in [1.29, 1.82) is 0 Å². The molecule has 0 spiro atoms. The summed E-state index contributed by atoms with van der Waals surface area (Å²) in [5.74, 6) is -0.130. The molecule has 0 fully saturated rings. The van der Waals surface area contributed by atoms with E-state index >= 15 is 0 Å². The SMILES string of the molecule is COC(=O)c1ccc(-c2ccc(OC(=O)Oc3ccc(-c4ccc(C(=O)OC)cc4)cc3)cc2)cc1. The summed E-state index contributed by atoms with van der Waals surface area (Å²) >= 11 is 0. The molecule has 0 unspecified atom stereocenters. The van der Waals surface area contributed by atoms with Crippen LogP contribution in [0.4, 0.5) is 4.79 Å². The predicted molar refractivity (Wildman–Crippen MR) is 133 cm³/mol. The van der Waals surface area contributed by atoms with E-state index in [2.05, 4.69) is 0 Å². The fourth-order valence-electron chi connectivity index (χ4n) is 3.48. The fraction of sp³-hybridized carbons (Fsp3) is 0.0690. The molecule has 0 aliphatic carbocycles. The number of hydrogen-bond donors (Lipinski definition) is 0. The predicted octanol–water partition coefficient (Wildman–Crippen LogP) is 6.17. The molecule has 0 heterocycles. The van der Waals surface area contributed by atoms with Gasteiger partial charge < -0.3 is 18.9 Å². The van der Waals surface area contributed by atoms with Crippen molar-refractivity contribution < 1.29 is 33.3 Å². The van der Waals surface area contributed by atoms with Gasteiger partial charge in [-0.15, -0.1) is 0 Å². The van der Waals surface area contributed by atoms with Crippen LogP contribution in [0.1, 0.15) is 20.7 Å². The van der Waals surface area contributed by atoms with Crippen molar-refractivity contribution in [2.45, 2.75) is 0 Å². The number of carbonyl (C=O) groups excluding carboxylic acids is 3. The van der Waals surface area contributed by atoms with Crippen molar-refractivity contribution in [2.24, 2.45) is 0 Å². The van der Waals surface area contributed by atoms with E-state index < -0.39 is 18.1 Å². The minimum absolute atomic E-state index is 0.331. The molecule has 0 aliphatic heterocycles. The van der Waals surface area contributed by atoms with E-state index in [0.29, 0.717) is 22.6 Å². The summed E-state index contributed by atoms with van der Waals surface area (Å²) in [7, 11) is 2.67. The molecule has 0 aliphatic rings. The van der Waals surface area contributed by atoms with Crippen LogP contribution in [-0.2, 0) is 9.47 Å². The molecule has 7 heteroatoms. The van der Waals surface area contributed by atoms with Gasteiger partial charge in [-0.25, -0.2) is 14.4 Å². The fourth-order valence-corrected chi connectivity index (χ4v) is 3.48. The third-order valence-corrected chi connectivity index (χ3v) is 5.39. The number of benzene rings is 4. The van der Waals surface area contributed by atoms with E-state index in [1.54, 1.807) is 72.8 Å². The Labute approximate surface area is 207 Å². The van der Waals surface area contributed by atoms with Gasteiger partial charge in [0.2, 0.25) is 0 Å². The average Bonchev–Trinajstić information content (AvgIpc) is 2.93. The van der Waals surface area contributed by atoms with Crippen LogP contribution in [0.2, 0.25) is 0 Å². The highest BCUT2D eigenvalue weighted by Crippen LogP contribution is 2.25. The first-order valence-corrected chi connectivity index (χ1v) is 10.9. The van der Waals surface area contributed by atoms with Crippen LogP contribution in [0.3, 0.4) is 0 Å². The number of ether oxygens (including phenoxy) is 4. The second-order valence-corrected chi connectivity index (χ2v) is 7.64. The van der Waals surface area contributed by atoms with Crippen LogP contribution in [0, 0.1) is 0 Å². The molecule has 7 nitrogen and oxygen atoms in total. The molecule has 36 heavy (non-hydrogen) atoms. The van der Waals surface area contributed by atoms with Crippen molar-refractivity contribution in [1.82, 2.24) is 0 Å². The molecular formula is C29H22O7. The van der Waals surface area contributed by atoms with Gasteiger partial charge in [-0.05, 0) is 70.8 Å². The van der Waals surface area contributed by atoms with Crippen molar-refractivity contribution in [2.75, 3.05) is 14.2 Å². The third kappa shape index (κ3) is 5.77. The van der Waals surface area contributed by atoms with Gasteiger partial charge in [0.1, 0.15) is 11.5 Å². The number of esters is 2. The van der Waals surface area contributed by atoms with Crippen molar-refractivity contribution >= 4 is 18.1 Å². The van der Waals surface area contributed by atoms with Crippen LogP contribution in [0.5, 0.6) is 11.5 Å². The highest BCUT2D eigenvalue weighted by Gasteiger charge is 2.10. The monoisotopic (exact) mass is 482 g/mol. The molecule has 0 saturated heterocycles. The molecule has 4 rings (SSSR count). The molecule has 0 aromatic heterocycles. The Hall–Kier alpha value is -4.91. The zero-order valence-corrected chi connectivity index (χ0v) is 19.6. The van der Waals surface area contributed by atoms with Crippen LogP contribution in [0.15, 0.2) is 97.1 Å². The summed E-state index contributed by atoms with van der Waals surface area (Å²) in [5, 5.41) is 0. The average molecular weight is 482 g/mol. The number of hydrogen-bond acceptors (Lipinski definition) is 7. The zero-order chi connectivity index (χ0) is 25.5. The van der Waals surface area contributed by atoms with E-state index in [-0.39, 0.29) is 0 Å². The van der Waals surface area contributed by atoms with E-state index in [0.717, 1.165) is 22.3 Å². The van der Waals surface area contributed by atoms with E-state index in [1.807, 2.05) is 24.3 Å². The van der Waals surface area contributed by atoms with Crippen LogP contribution < -0.4 is 9.47 Å². The summed E-state index contributed by atoms with van der Waals surface area (Å²) in [6.45, 7) is 0. The first kappa shape index (κ1) is 24.2. The number of rotatable bonds is 6. The number of carbonyl (C=O) groups is 3. The van der Waals surface area contributed by atoms with Crippen molar-refractivity contribution in [3.8, 4) is 33.8 Å². The molecule has 4 aromatic rings. The minimum atomic E-state index is -0.861. The molecule has 180 valence electrons. The van der Waals surface area contributed by atoms with E-state index in [4.69, 9.17) is 18.9 Å². The normalized spacial score (nSPS) is 10.3. The third-order valence-electron chi connectivity index (χ3n) is 5.39. The Bertz CT molecular complexity index is 1250. The lowest BCUT2D eigenvalue weighted by Crippen LogP contribution is -2.13. The lowest BCUT2D eigenvalue weighted by molar-refractivity contribution is 0.0592. The lowest BCUT2D eigenvalue weighted by atomic mass is 10.0. The largest absolute Gasteiger partial charge is 0.519 e. The Morgan fingerprint density at radius 1 is 0.444 bits per heavy atom. The summed E-state index contributed by atoms with van der Waals surface area (Å²) in [5.41, 5.74) is 4.51. The van der Waals surface area contributed by atoms with Crippen LogP contribution in [-0.4, -0.2) is 32.3 Å². The second kappa shape index (κ2) is 11.0. The maximum absolute atomic E-state index is 12.2. The molecular weight excluding hydrogens is 460 g/mol. The Morgan fingerprint density at radius 3 is 1.00 bits per heavy atom. The van der Waals surface area contributed by atoms with E-state index in [1.165, 1.54) is 14.2 Å². The Kier molecular flexibility index (Phi) is 7.41. The molecule has 0 atom stereocenters. The maximum atomic E-state index is 12.2. The first-order chi connectivity index (χ1) is 17.5. The topological polar surface area (TPSA) is 88.1 Å². The van der Waals surface area contributed by atoms with Gasteiger partial charge in [0.05, 0.1) is 25.3 Å². The standard InChI is InChI=1S/C29H22O7/c1-33-27(30)23-7-3-19(4-8-23)21-11-15-25(16-12-21)35-29(32)36-26-17-13-22(14-18-26)20-5-9-24(10-6-20)28(31)34-2/h3-18H,1-2H3. The molecule has 0 saturated carbocycles. The van der Waals surface area contributed by atoms with Gasteiger partial charge >= 0.3 is 18.1 Å². The minimum Gasteiger partial charge on any atom is -0.465 e. The summed E-state index contributed by atoms with van der Waals surface area (Å²) in [4.78, 5) is 35.4. The molecule has 0 amide bonds. The van der Waals surface area contributed by atoms with Gasteiger partial charge in [0.15, 0.2) is 0 Å². The van der Waals surface area contributed by atoms with Gasteiger partial charge in [-0.3, -0.25) is 0 Å². The lowest BCUT2D eigenvalue weighted by Gasteiger charge is -2.08. The van der Waals surface area contributed by atoms with Crippen LogP contribution in [0.25, 0.3) is 22.3 Å². The quantitative estimate of drug-likeness (QED) is 0.240. The zero-order valence-electron chi connectivity index (χ0n) is 19.6. The Balaban J connectivity index is 1.34. The second-order valence-electron chi connectivity index (χ2n) is 7.64. The van der Waals surface area contributed by atoms with Gasteiger partial charge in [-0.2, -0.15) is 0 Å². The highest BCUT2D eigenvalue weighted by atomic mass is 16.7. The van der Waals surface area contributed by atoms with Gasteiger partial charge in [0, 0.05) is 0 Å². The summed E-state index contributed by atoms with van der Waals surface area (Å²) < 4.78 is 19.9. The van der Waals surface area contributed by atoms with Crippen molar-refractivity contribution in [3.05, 3.63) is 108 Å². The molecule has 4 aromatic carbocycles. The summed E-state index contributed by atoms with van der Waals surface area (Å²) in [6, 6.07) is 27.8. The van der Waals surface area contributed by atoms with Crippen molar-refractivity contribution in [3.63, 3.8) is 0 Å². The molecule has 0 bridgehead atoms. The Morgan fingerprint density at radius 2 is 0.722 bits per heavy atom. The maximum Gasteiger partial charge on any atom is 0.519 e. The smallest absolute Gasteiger partial charge is 0.465 e. The highest BCUT2D eigenvalue weighted by molar-refractivity contribution is 5.90. The first-order valence-electron chi connectivity index (χ1n) is 10.9.